The molecule has 4 heteroatoms. The average Bonchev–Trinajstić information content (AvgIpc) is 2.40. The van der Waals surface area contributed by atoms with Crippen LogP contribution < -0.4 is 5.32 Å². The maximum Gasteiger partial charge on any atom is 0.230 e. The van der Waals surface area contributed by atoms with Gasteiger partial charge in [0.05, 0.1) is 0 Å². The standard InChI is InChI=1S/C15H20N4/c1-3-8-13-17-14(9-4-2)19-15(18-13)16-12-10-6-5-7-11-12/h5-7,10-11H,3-4,8-9H2,1-2H3,(H,16,17,18,19). The second-order valence-corrected chi connectivity index (χ2v) is 4.48. The van der Waals surface area contributed by atoms with Crippen LogP contribution in [0.5, 0.6) is 0 Å². The number of nitrogens with one attached hydrogen (secondary N) is 1. The Bertz CT molecular complexity index is 487. The third-order valence-corrected chi connectivity index (χ3v) is 2.71. The molecule has 1 heterocycles. The molecule has 0 spiro atoms. The second-order valence-electron chi connectivity index (χ2n) is 4.48. The number of nitrogens with zero attached hydrogens (tertiary/aromatic N) is 3. The van der Waals surface area contributed by atoms with Crippen LogP contribution in [0.1, 0.15) is 38.3 Å². The summed E-state index contributed by atoms with van der Waals surface area (Å²) in [5, 5.41) is 3.24. The average molecular weight is 256 g/mol. The zero-order chi connectivity index (χ0) is 13.5. The highest BCUT2D eigenvalue weighted by Gasteiger charge is 2.05. The molecule has 1 aromatic heterocycles. The number of aromatic nitrogens is 3. The summed E-state index contributed by atoms with van der Waals surface area (Å²) in [6, 6.07) is 9.97. The van der Waals surface area contributed by atoms with Crippen LogP contribution in [-0.2, 0) is 12.8 Å². The number of aryl methyl sites for hydroxylation is 2. The van der Waals surface area contributed by atoms with Crippen molar-refractivity contribution in [1.29, 1.82) is 0 Å². The Morgan fingerprint density at radius 1 is 0.842 bits per heavy atom. The molecule has 1 N–H and O–H groups in total. The summed E-state index contributed by atoms with van der Waals surface area (Å²) in [5.41, 5.74) is 0.999. The van der Waals surface area contributed by atoms with Crippen LogP contribution in [0.15, 0.2) is 30.3 Å². The van der Waals surface area contributed by atoms with Gasteiger partial charge in [-0.25, -0.2) is 4.98 Å². The van der Waals surface area contributed by atoms with Crippen LogP contribution in [0.2, 0.25) is 0 Å². The van der Waals surface area contributed by atoms with Crippen molar-refractivity contribution in [2.75, 3.05) is 5.32 Å². The van der Waals surface area contributed by atoms with Gasteiger partial charge in [0.25, 0.3) is 0 Å². The first kappa shape index (κ1) is 13.5. The number of rotatable bonds is 6. The van der Waals surface area contributed by atoms with Crippen LogP contribution in [0.4, 0.5) is 11.6 Å². The molecule has 0 amide bonds. The number of benzene rings is 1. The van der Waals surface area contributed by atoms with Crippen molar-refractivity contribution >= 4 is 11.6 Å². The van der Waals surface area contributed by atoms with Gasteiger partial charge in [0, 0.05) is 18.5 Å². The molecule has 0 fully saturated rings. The highest BCUT2D eigenvalue weighted by Crippen LogP contribution is 2.13. The van der Waals surface area contributed by atoms with E-state index in [1.807, 2.05) is 30.3 Å². The van der Waals surface area contributed by atoms with Gasteiger partial charge >= 0.3 is 0 Å². The van der Waals surface area contributed by atoms with E-state index in [0.717, 1.165) is 43.0 Å². The van der Waals surface area contributed by atoms with Crippen molar-refractivity contribution in [3.05, 3.63) is 42.0 Å². The predicted octanol–water partition coefficient (Wildman–Crippen LogP) is 3.52. The first-order valence-corrected chi connectivity index (χ1v) is 6.87. The van der Waals surface area contributed by atoms with E-state index >= 15 is 0 Å². The summed E-state index contributed by atoms with van der Waals surface area (Å²) in [7, 11) is 0. The van der Waals surface area contributed by atoms with Crippen LogP contribution in [0.3, 0.4) is 0 Å². The fraction of sp³-hybridized carbons (Fsp3) is 0.400. The van der Waals surface area contributed by atoms with Crippen molar-refractivity contribution in [2.45, 2.75) is 39.5 Å². The molecule has 0 aliphatic heterocycles. The molecule has 0 atom stereocenters. The lowest BCUT2D eigenvalue weighted by Crippen LogP contribution is -2.07. The lowest BCUT2D eigenvalue weighted by atomic mass is 10.3. The van der Waals surface area contributed by atoms with Crippen molar-refractivity contribution in [2.24, 2.45) is 0 Å². The Kier molecular flexibility index (Phi) is 4.84. The molecule has 0 unspecified atom stereocenters. The lowest BCUT2D eigenvalue weighted by Gasteiger charge is -2.08. The Hall–Kier alpha value is -1.97. The minimum atomic E-state index is 0.646. The maximum atomic E-state index is 4.49. The zero-order valence-corrected chi connectivity index (χ0v) is 11.6. The van der Waals surface area contributed by atoms with Gasteiger partial charge in [-0.1, -0.05) is 32.0 Å². The van der Waals surface area contributed by atoms with Crippen LogP contribution in [-0.4, -0.2) is 15.0 Å². The molecule has 1 aromatic carbocycles. The van der Waals surface area contributed by atoms with Gasteiger partial charge in [-0.05, 0) is 25.0 Å². The molecular formula is C15H20N4. The smallest absolute Gasteiger partial charge is 0.230 e. The fourth-order valence-corrected chi connectivity index (χ4v) is 1.85. The molecule has 2 rings (SSSR count). The van der Waals surface area contributed by atoms with Crippen LogP contribution in [0, 0.1) is 0 Å². The molecular weight excluding hydrogens is 236 g/mol. The zero-order valence-electron chi connectivity index (χ0n) is 11.6. The molecule has 2 aromatic rings. The monoisotopic (exact) mass is 256 g/mol. The van der Waals surface area contributed by atoms with E-state index in [2.05, 4.69) is 34.1 Å². The largest absolute Gasteiger partial charge is 0.324 e. The van der Waals surface area contributed by atoms with Crippen LogP contribution in [0.25, 0.3) is 0 Å². The highest BCUT2D eigenvalue weighted by molar-refractivity contribution is 5.52. The summed E-state index contributed by atoms with van der Waals surface area (Å²) < 4.78 is 0. The normalized spacial score (nSPS) is 10.4. The summed E-state index contributed by atoms with van der Waals surface area (Å²) in [4.78, 5) is 13.4. The molecule has 0 aliphatic rings. The van der Waals surface area contributed by atoms with Crippen molar-refractivity contribution in [3.63, 3.8) is 0 Å². The van der Waals surface area contributed by atoms with Crippen molar-refractivity contribution in [1.82, 2.24) is 15.0 Å². The molecule has 19 heavy (non-hydrogen) atoms. The first-order valence-electron chi connectivity index (χ1n) is 6.87. The third-order valence-electron chi connectivity index (χ3n) is 2.71. The molecule has 0 aliphatic carbocycles. The summed E-state index contributed by atoms with van der Waals surface area (Å²) >= 11 is 0. The van der Waals surface area contributed by atoms with E-state index in [-0.39, 0.29) is 0 Å². The van der Waals surface area contributed by atoms with Crippen molar-refractivity contribution in [3.8, 4) is 0 Å². The maximum absolute atomic E-state index is 4.49. The topological polar surface area (TPSA) is 50.7 Å². The summed E-state index contributed by atoms with van der Waals surface area (Å²) in [6.45, 7) is 4.27. The number of hydrogen-bond acceptors (Lipinski definition) is 4. The third kappa shape index (κ3) is 4.02. The quantitative estimate of drug-likeness (QED) is 0.859. The van der Waals surface area contributed by atoms with Crippen LogP contribution >= 0.6 is 0 Å². The number of hydrogen-bond donors (Lipinski definition) is 1. The Balaban J connectivity index is 2.23. The minimum absolute atomic E-state index is 0.646. The van der Waals surface area contributed by atoms with E-state index in [0.29, 0.717) is 5.95 Å². The number of anilines is 2. The van der Waals surface area contributed by atoms with E-state index < -0.39 is 0 Å². The van der Waals surface area contributed by atoms with E-state index in [9.17, 15) is 0 Å². The first-order chi connectivity index (χ1) is 9.31. The summed E-state index contributed by atoms with van der Waals surface area (Å²) in [5.74, 6) is 2.40. The predicted molar refractivity (Wildman–Crippen MR) is 77.5 cm³/mol. The van der Waals surface area contributed by atoms with E-state index in [1.54, 1.807) is 0 Å². The minimum Gasteiger partial charge on any atom is -0.324 e. The SMILES string of the molecule is CCCc1nc(CCC)nc(Nc2ccccc2)n1. The molecule has 0 bridgehead atoms. The summed E-state index contributed by atoms with van der Waals surface area (Å²) in [6.07, 6.45) is 3.87. The molecule has 0 saturated heterocycles. The van der Waals surface area contributed by atoms with Gasteiger partial charge in [0.2, 0.25) is 5.95 Å². The van der Waals surface area contributed by atoms with E-state index in [4.69, 9.17) is 0 Å². The van der Waals surface area contributed by atoms with Gasteiger partial charge in [-0.2, -0.15) is 9.97 Å². The molecule has 4 nitrogen and oxygen atoms in total. The lowest BCUT2D eigenvalue weighted by molar-refractivity contribution is 0.759. The van der Waals surface area contributed by atoms with Gasteiger partial charge in [0.15, 0.2) is 0 Å². The Morgan fingerprint density at radius 3 is 1.95 bits per heavy atom. The Labute approximate surface area is 114 Å². The van der Waals surface area contributed by atoms with E-state index in [1.165, 1.54) is 0 Å². The molecule has 0 saturated carbocycles. The molecule has 100 valence electrons. The highest BCUT2D eigenvalue weighted by atomic mass is 15.2. The van der Waals surface area contributed by atoms with Crippen molar-refractivity contribution < 1.29 is 0 Å². The Morgan fingerprint density at radius 2 is 1.42 bits per heavy atom. The molecule has 0 radical (unpaired) electrons. The van der Waals surface area contributed by atoms with Gasteiger partial charge in [-0.3, -0.25) is 0 Å². The fourth-order valence-electron chi connectivity index (χ4n) is 1.85. The van der Waals surface area contributed by atoms with Gasteiger partial charge in [0.1, 0.15) is 11.6 Å². The second kappa shape index (κ2) is 6.83. The van der Waals surface area contributed by atoms with Gasteiger partial charge < -0.3 is 5.32 Å². The number of para-hydroxylation sites is 1. The van der Waals surface area contributed by atoms with Gasteiger partial charge in [-0.15, -0.1) is 0 Å².